The molecule has 0 saturated carbocycles. The fraction of sp³-hybridized carbons (Fsp3) is 0.789. The largest absolute Gasteiger partial charge is 0.477 e. The highest BCUT2D eigenvalue weighted by atomic mass is 32.2. The topological polar surface area (TPSA) is 257 Å². The number of carboxylic acid groups (broad SMARTS) is 1. The number of aromatic nitrogens is 1. The first-order valence-corrected chi connectivity index (χ1v) is 28.4. The zero-order valence-corrected chi connectivity index (χ0v) is 50.2. The molecule has 0 spiro atoms. The van der Waals surface area contributed by atoms with E-state index in [1.165, 1.54) is 37.0 Å². The molecule has 77 heavy (non-hydrogen) atoms. The maximum Gasteiger partial charge on any atom is 0.341 e. The van der Waals surface area contributed by atoms with E-state index in [1.807, 2.05) is 59.7 Å². The molecule has 0 aliphatic carbocycles. The molecule has 20 heteroatoms. The van der Waals surface area contributed by atoms with Crippen molar-refractivity contribution in [1.82, 2.24) is 9.63 Å². The van der Waals surface area contributed by atoms with Crippen LogP contribution in [0.1, 0.15) is 144 Å². The lowest BCUT2D eigenvalue weighted by atomic mass is 9.73. The van der Waals surface area contributed by atoms with Crippen molar-refractivity contribution in [3.63, 3.8) is 0 Å². The summed E-state index contributed by atoms with van der Waals surface area (Å²) in [4.78, 5) is 58.8. The molecule has 19 nitrogen and oxygen atoms in total. The maximum atomic E-state index is 14.4. The van der Waals surface area contributed by atoms with Gasteiger partial charge in [-0.15, -0.1) is 0 Å². The average Bonchev–Trinajstić information content (AvgIpc) is 3.38. The van der Waals surface area contributed by atoms with Crippen LogP contribution in [-0.2, 0) is 48.6 Å². The molecule has 1 aromatic carbocycles. The van der Waals surface area contributed by atoms with Crippen LogP contribution in [0, 0.1) is 29.6 Å². The van der Waals surface area contributed by atoms with Crippen molar-refractivity contribution in [3.05, 3.63) is 45.7 Å². The number of aliphatic hydroxyl groups excluding tert-OH is 2. The molecule has 6 N–H and O–H groups in total. The van der Waals surface area contributed by atoms with Gasteiger partial charge in [0.25, 0.3) is 0 Å². The summed E-state index contributed by atoms with van der Waals surface area (Å²) in [5.41, 5.74) is 2.21. The molecular formula is C57H97N3O16S. The van der Waals surface area contributed by atoms with E-state index in [0.29, 0.717) is 23.4 Å². The van der Waals surface area contributed by atoms with Gasteiger partial charge < -0.3 is 68.5 Å². The number of ketones is 1. The Kier molecular flexibility index (Phi) is 26.5. The highest BCUT2D eigenvalue weighted by Gasteiger charge is 2.54. The van der Waals surface area contributed by atoms with Crippen molar-refractivity contribution in [1.29, 1.82) is 0 Å². The number of Topliss-reactive ketones (excluding diaryl/α,β-unsaturated/α-hetero) is 1. The van der Waals surface area contributed by atoms with E-state index in [0.717, 1.165) is 37.0 Å². The van der Waals surface area contributed by atoms with Gasteiger partial charge in [0.15, 0.2) is 6.29 Å². The molecule has 2 fully saturated rings. The number of carboxylic acids is 1. The zero-order valence-electron chi connectivity index (χ0n) is 49.4. The summed E-state index contributed by atoms with van der Waals surface area (Å²) in [6, 6.07) is 5.11. The average molecular weight is 1110 g/mol. The van der Waals surface area contributed by atoms with Gasteiger partial charge in [-0.2, -0.15) is 4.73 Å². The Morgan fingerprint density at radius 3 is 2.12 bits per heavy atom. The number of esters is 1. The monoisotopic (exact) mass is 1110 g/mol. The fourth-order valence-corrected chi connectivity index (χ4v) is 11.8. The van der Waals surface area contributed by atoms with Crippen LogP contribution in [0.15, 0.2) is 29.2 Å². The number of carbonyl (C=O) groups is 3. The third-order valence-electron chi connectivity index (χ3n) is 15.9. The minimum Gasteiger partial charge on any atom is -0.477 e. The van der Waals surface area contributed by atoms with Crippen LogP contribution in [0.5, 0.6) is 0 Å². The number of fused-ring (bicyclic) bond motifs is 1. The normalized spacial score (nSPS) is 33.0. The lowest BCUT2D eigenvalue weighted by Gasteiger charge is -2.49. The molecule has 2 saturated heterocycles. The number of ether oxygens (including phenoxy) is 6. The second-order valence-corrected chi connectivity index (χ2v) is 23.6. The number of pyridine rings is 1. The van der Waals surface area contributed by atoms with Gasteiger partial charge in [-0.3, -0.25) is 14.4 Å². The number of hydrogen-bond acceptors (Lipinski definition) is 18. The summed E-state index contributed by atoms with van der Waals surface area (Å²) in [7, 11) is 8.48. The molecule has 2 aromatic rings. The lowest BCUT2D eigenvalue weighted by molar-refractivity contribution is -0.297. The zero-order chi connectivity index (χ0) is 58.5. The van der Waals surface area contributed by atoms with Crippen LogP contribution in [0.2, 0.25) is 0 Å². The predicted molar refractivity (Wildman–Crippen MR) is 298 cm³/mol. The van der Waals surface area contributed by atoms with Gasteiger partial charge >= 0.3 is 11.9 Å². The summed E-state index contributed by atoms with van der Waals surface area (Å²) < 4.78 is 46.4. The first-order valence-electron chi connectivity index (χ1n) is 27.4. The van der Waals surface area contributed by atoms with Crippen molar-refractivity contribution in [2.45, 2.75) is 213 Å². The number of methoxy groups -OCH3 is 2. The molecule has 4 rings (SSSR count). The number of nitrogens with zero attached hydrogens (tertiary/aromatic N) is 2. The molecule has 0 bridgehead atoms. The number of rotatable bonds is 21. The minimum atomic E-state index is -1.95. The smallest absolute Gasteiger partial charge is 0.341 e. The number of nitrogens with two attached hydrogens (primary N) is 1. The number of aromatic carboxylic acids is 1. The van der Waals surface area contributed by atoms with Gasteiger partial charge in [-0.05, 0) is 136 Å². The fourth-order valence-electron chi connectivity index (χ4n) is 11.0. The van der Waals surface area contributed by atoms with Crippen molar-refractivity contribution in [2.24, 2.45) is 35.3 Å². The lowest BCUT2D eigenvalue weighted by Crippen LogP contribution is -2.60. The van der Waals surface area contributed by atoms with Gasteiger partial charge in [-0.1, -0.05) is 54.5 Å². The van der Waals surface area contributed by atoms with Crippen LogP contribution in [0.3, 0.4) is 0 Å². The maximum absolute atomic E-state index is 14.4. The van der Waals surface area contributed by atoms with E-state index < -0.39 is 113 Å². The Balaban J connectivity index is 0.000000646. The Hall–Kier alpha value is -3.25. The number of benzene rings is 1. The summed E-state index contributed by atoms with van der Waals surface area (Å²) in [5, 5.41) is 44.5. The molecule has 2 aliphatic rings. The molecule has 2 aliphatic heterocycles. The minimum absolute atomic E-state index is 0.165. The Bertz CT molecular complexity index is 2250. The van der Waals surface area contributed by atoms with Crippen molar-refractivity contribution >= 4 is 40.7 Å². The number of likely N-dealkylation sites (N-methyl/N-ethyl adjacent to an activating group) is 1. The Morgan fingerprint density at radius 2 is 1.58 bits per heavy atom. The standard InChI is InChI=1S/C43H81NO12S.C14H16N2O4/c1-18-20-57-56-39-30(10)52-33(23-42(39,12)51-17)55-36-27(7)38(53-29(9)35(46)31(44(14)15)21-24(3)4)41(11,50-16)22-25(5)34(45)26(6)37(47)43(13,49)32(19-2)54-40(48)28(36)8;1-20-16-8-11(14(18)19)13(17)10-7-9(3-2-6-15)4-5-12(10)16/h24-33,35-39,46-47,49H,18-23H2,1-17H3;4-5,7-8H,2-3,6,15H2,1H3,(H,18,19)/t25-,26+,27+,28?,29-,30?,31+,32-,33+,35?,36+,37-,38-,39+,41?,42-,43-;/m1./s1. The first-order chi connectivity index (χ1) is 35.9. The molecular weight excluding hydrogens is 1010 g/mol. The summed E-state index contributed by atoms with van der Waals surface area (Å²) in [6.45, 7) is 24.6. The SMILES string of the molecule is CCCSO[C@H]1C(C)O[C@@H](O[C@@H]2C(C)C(=O)O[C@H](CC)[C@@](C)(O)[C@H](O)[C@@H](C)C(=O)[C@H](C)CC(C)(OC)[C@H](O[C@H](C)C(O)[C@H](CC(C)C)N(C)C)[C@H]2C)C[C@@]1(C)OC.COn1cc(C(=O)O)c(=O)c2cc(CCCN)ccc21. The van der Waals surface area contributed by atoms with E-state index in [2.05, 4.69) is 20.8 Å². The quantitative estimate of drug-likeness (QED) is 0.0510. The van der Waals surface area contributed by atoms with Crippen molar-refractivity contribution < 1.29 is 72.3 Å². The van der Waals surface area contributed by atoms with Gasteiger partial charge in [0.05, 0.1) is 70.8 Å². The summed E-state index contributed by atoms with van der Waals surface area (Å²) >= 11 is 1.38. The molecule has 442 valence electrons. The first kappa shape index (κ1) is 68.0. The molecule has 0 radical (unpaired) electrons. The van der Waals surface area contributed by atoms with Crippen molar-refractivity contribution in [3.8, 4) is 0 Å². The number of aliphatic hydroxyl groups is 3. The molecule has 1 aromatic heterocycles. The van der Waals surface area contributed by atoms with Crippen LogP contribution < -0.4 is 16.0 Å². The van der Waals surface area contributed by atoms with E-state index in [1.54, 1.807) is 54.0 Å². The molecule has 3 heterocycles. The number of cyclic esters (lactones) is 1. The second-order valence-electron chi connectivity index (χ2n) is 22.7. The Morgan fingerprint density at radius 1 is 0.961 bits per heavy atom. The van der Waals surface area contributed by atoms with E-state index >= 15 is 0 Å². The van der Waals surface area contributed by atoms with E-state index in [4.69, 9.17) is 48.3 Å². The molecule has 0 amide bonds. The predicted octanol–water partition coefficient (Wildman–Crippen LogP) is 6.47. The number of aryl methyl sites for hydroxylation is 1. The van der Waals surface area contributed by atoms with Crippen LogP contribution in [0.4, 0.5) is 0 Å². The van der Waals surface area contributed by atoms with E-state index in [9.17, 15) is 34.5 Å². The van der Waals surface area contributed by atoms with Crippen LogP contribution >= 0.6 is 12.0 Å². The van der Waals surface area contributed by atoms with Gasteiger partial charge in [0.2, 0.25) is 5.43 Å². The number of carbonyl (C=O) groups excluding carboxylic acids is 2. The van der Waals surface area contributed by atoms with Gasteiger partial charge in [-0.25, -0.2) is 4.79 Å². The third-order valence-corrected chi connectivity index (χ3v) is 16.8. The van der Waals surface area contributed by atoms with Crippen molar-refractivity contribution in [2.75, 3.05) is 47.7 Å². The molecule has 4 unspecified atom stereocenters. The summed E-state index contributed by atoms with van der Waals surface area (Å²) in [5.74, 6) is -4.33. The van der Waals surface area contributed by atoms with Gasteiger partial charge in [0, 0.05) is 50.2 Å². The highest BCUT2D eigenvalue weighted by molar-refractivity contribution is 7.94. The summed E-state index contributed by atoms with van der Waals surface area (Å²) in [6.07, 6.45) is -2.75. The number of hydrogen-bond donors (Lipinski definition) is 5. The highest BCUT2D eigenvalue weighted by Crippen LogP contribution is 2.42. The molecule has 17 atom stereocenters. The van der Waals surface area contributed by atoms with Crippen LogP contribution in [-0.4, -0.2) is 173 Å². The van der Waals surface area contributed by atoms with Gasteiger partial charge in [0.1, 0.15) is 36.3 Å². The Labute approximate surface area is 462 Å². The van der Waals surface area contributed by atoms with E-state index in [-0.39, 0.29) is 36.7 Å². The van der Waals surface area contributed by atoms with Crippen LogP contribution in [0.25, 0.3) is 10.9 Å². The second kappa shape index (κ2) is 30.0. The third kappa shape index (κ3) is 16.9.